The van der Waals surface area contributed by atoms with Crippen LogP contribution in [0.1, 0.15) is 18.4 Å². The van der Waals surface area contributed by atoms with Crippen molar-refractivity contribution in [1.82, 2.24) is 0 Å². The Bertz CT molecular complexity index is 364. The van der Waals surface area contributed by atoms with E-state index in [4.69, 9.17) is 16.3 Å². The van der Waals surface area contributed by atoms with Crippen LogP contribution in [0.4, 0.5) is 4.39 Å². The van der Waals surface area contributed by atoms with Crippen molar-refractivity contribution in [3.63, 3.8) is 0 Å². The van der Waals surface area contributed by atoms with E-state index >= 15 is 0 Å². The van der Waals surface area contributed by atoms with Crippen LogP contribution in [-0.2, 0) is 11.2 Å². The van der Waals surface area contributed by atoms with Crippen molar-refractivity contribution in [2.24, 2.45) is 0 Å². The van der Waals surface area contributed by atoms with Crippen molar-refractivity contribution in [3.8, 4) is 0 Å². The molecule has 2 nitrogen and oxygen atoms in total. The first-order chi connectivity index (χ1) is 7.66. The molecule has 1 heterocycles. The molecule has 4 heteroatoms. The predicted octanol–water partition coefficient (Wildman–Crippen LogP) is 2.56. The fourth-order valence-electron chi connectivity index (χ4n) is 1.95. The number of rotatable bonds is 3. The molecule has 0 aliphatic carbocycles. The molecule has 0 amide bonds. The van der Waals surface area contributed by atoms with Crippen LogP contribution in [0.25, 0.3) is 0 Å². The second-order valence-corrected chi connectivity index (χ2v) is 4.50. The Hall–Kier alpha value is -0.640. The summed E-state index contributed by atoms with van der Waals surface area (Å²) in [5.74, 6) is -0.371. The summed E-state index contributed by atoms with van der Waals surface area (Å²) in [7, 11) is 0. The van der Waals surface area contributed by atoms with Gasteiger partial charge in [-0.25, -0.2) is 4.39 Å². The fourth-order valence-corrected chi connectivity index (χ4v) is 2.11. The molecule has 1 aliphatic heterocycles. The zero-order chi connectivity index (χ0) is 11.5. The summed E-state index contributed by atoms with van der Waals surface area (Å²) >= 11 is 5.65. The van der Waals surface area contributed by atoms with Crippen LogP contribution in [0.15, 0.2) is 18.2 Å². The topological polar surface area (TPSA) is 29.5 Å². The highest BCUT2D eigenvalue weighted by atomic mass is 35.5. The Morgan fingerprint density at radius 1 is 1.56 bits per heavy atom. The van der Waals surface area contributed by atoms with E-state index < -0.39 is 6.10 Å². The Morgan fingerprint density at radius 2 is 2.38 bits per heavy atom. The van der Waals surface area contributed by atoms with Gasteiger partial charge < -0.3 is 9.84 Å². The second kappa shape index (κ2) is 5.13. The monoisotopic (exact) mass is 244 g/mol. The molecule has 0 bridgehead atoms. The van der Waals surface area contributed by atoms with E-state index in [1.807, 2.05) is 0 Å². The zero-order valence-electron chi connectivity index (χ0n) is 8.83. The summed E-state index contributed by atoms with van der Waals surface area (Å²) in [6.45, 7) is 0.685. The van der Waals surface area contributed by atoms with Gasteiger partial charge in [0.1, 0.15) is 5.82 Å². The number of hydrogen-bond acceptors (Lipinski definition) is 2. The smallest absolute Gasteiger partial charge is 0.127 e. The number of ether oxygens (including phenoxy) is 1. The normalized spacial score (nSPS) is 22.3. The molecule has 2 rings (SSSR count). The highest BCUT2D eigenvalue weighted by Crippen LogP contribution is 2.21. The summed E-state index contributed by atoms with van der Waals surface area (Å²) in [6, 6.07) is 4.50. The van der Waals surface area contributed by atoms with E-state index in [9.17, 15) is 9.50 Å². The average molecular weight is 245 g/mol. The molecular weight excluding hydrogens is 231 g/mol. The van der Waals surface area contributed by atoms with Crippen molar-refractivity contribution in [1.29, 1.82) is 0 Å². The lowest BCUT2D eigenvalue weighted by atomic mass is 10.0. The first-order valence-electron chi connectivity index (χ1n) is 5.40. The third kappa shape index (κ3) is 2.73. The van der Waals surface area contributed by atoms with Crippen LogP contribution in [0.2, 0.25) is 5.02 Å². The molecule has 1 aromatic carbocycles. The lowest BCUT2D eigenvalue weighted by Crippen LogP contribution is -2.27. The lowest BCUT2D eigenvalue weighted by Gasteiger charge is -2.17. The van der Waals surface area contributed by atoms with E-state index in [2.05, 4.69) is 0 Å². The summed E-state index contributed by atoms with van der Waals surface area (Å²) in [6.07, 6.45) is 1.28. The van der Waals surface area contributed by atoms with Crippen molar-refractivity contribution in [2.75, 3.05) is 6.61 Å². The standard InChI is InChI=1S/C12H14ClFO2/c13-9-4-3-8(10(14)7-9)6-11(15)12-2-1-5-16-12/h3-4,7,11-12,15H,1-2,5-6H2. The van der Waals surface area contributed by atoms with Crippen LogP contribution in [0.3, 0.4) is 0 Å². The largest absolute Gasteiger partial charge is 0.390 e. The summed E-state index contributed by atoms with van der Waals surface area (Å²) in [5.41, 5.74) is 0.479. The van der Waals surface area contributed by atoms with E-state index in [0.29, 0.717) is 17.2 Å². The molecule has 1 fully saturated rings. The molecule has 0 radical (unpaired) electrons. The van der Waals surface area contributed by atoms with Crippen molar-refractivity contribution >= 4 is 11.6 Å². The van der Waals surface area contributed by atoms with Crippen LogP contribution >= 0.6 is 11.6 Å². The number of aliphatic hydroxyl groups excluding tert-OH is 1. The Labute approximate surface area is 99.0 Å². The fraction of sp³-hybridized carbons (Fsp3) is 0.500. The molecular formula is C12H14ClFO2. The minimum Gasteiger partial charge on any atom is -0.390 e. The van der Waals surface area contributed by atoms with Gasteiger partial charge in [-0.2, -0.15) is 0 Å². The third-order valence-corrected chi connectivity index (χ3v) is 3.07. The minimum atomic E-state index is -0.641. The van der Waals surface area contributed by atoms with Gasteiger partial charge in [0.15, 0.2) is 0 Å². The van der Waals surface area contributed by atoms with E-state index in [0.717, 1.165) is 12.8 Å². The number of aliphatic hydroxyl groups is 1. The van der Waals surface area contributed by atoms with Gasteiger partial charge in [0, 0.05) is 18.1 Å². The maximum Gasteiger partial charge on any atom is 0.127 e. The number of benzene rings is 1. The van der Waals surface area contributed by atoms with Crippen LogP contribution in [0, 0.1) is 5.82 Å². The van der Waals surface area contributed by atoms with Gasteiger partial charge in [-0.1, -0.05) is 17.7 Å². The van der Waals surface area contributed by atoms with Crippen LogP contribution in [0.5, 0.6) is 0 Å². The quantitative estimate of drug-likeness (QED) is 0.886. The van der Waals surface area contributed by atoms with E-state index in [1.165, 1.54) is 6.07 Å². The SMILES string of the molecule is OC(Cc1ccc(Cl)cc1F)C1CCCO1. The molecule has 0 aromatic heterocycles. The summed E-state index contributed by atoms with van der Waals surface area (Å²) in [4.78, 5) is 0. The maximum atomic E-state index is 13.5. The second-order valence-electron chi connectivity index (χ2n) is 4.06. The van der Waals surface area contributed by atoms with Crippen molar-refractivity contribution < 1.29 is 14.2 Å². The molecule has 2 atom stereocenters. The highest BCUT2D eigenvalue weighted by molar-refractivity contribution is 6.30. The molecule has 16 heavy (non-hydrogen) atoms. The third-order valence-electron chi connectivity index (χ3n) is 2.84. The Balaban J connectivity index is 2.02. The highest BCUT2D eigenvalue weighted by Gasteiger charge is 2.24. The predicted molar refractivity (Wildman–Crippen MR) is 60.1 cm³/mol. The molecule has 1 saturated heterocycles. The van der Waals surface area contributed by atoms with Crippen LogP contribution < -0.4 is 0 Å². The van der Waals surface area contributed by atoms with Gasteiger partial charge in [0.05, 0.1) is 12.2 Å². The molecule has 1 N–H and O–H groups in total. The molecule has 0 saturated carbocycles. The van der Waals surface area contributed by atoms with Gasteiger partial charge in [0.25, 0.3) is 0 Å². The average Bonchev–Trinajstić information content (AvgIpc) is 2.75. The molecule has 2 unspecified atom stereocenters. The zero-order valence-corrected chi connectivity index (χ0v) is 9.58. The van der Waals surface area contributed by atoms with Crippen molar-refractivity contribution in [2.45, 2.75) is 31.5 Å². The Kier molecular flexibility index (Phi) is 3.79. The first-order valence-corrected chi connectivity index (χ1v) is 5.78. The molecule has 1 aromatic rings. The Morgan fingerprint density at radius 3 is 3.00 bits per heavy atom. The number of halogens is 2. The van der Waals surface area contributed by atoms with Crippen LogP contribution in [-0.4, -0.2) is 23.9 Å². The molecule has 1 aliphatic rings. The molecule has 88 valence electrons. The van der Waals surface area contributed by atoms with Gasteiger partial charge >= 0.3 is 0 Å². The summed E-state index contributed by atoms with van der Waals surface area (Å²) < 4.78 is 18.8. The minimum absolute atomic E-state index is 0.157. The van der Waals surface area contributed by atoms with Crippen molar-refractivity contribution in [3.05, 3.63) is 34.6 Å². The number of hydrogen-bond donors (Lipinski definition) is 1. The maximum absolute atomic E-state index is 13.5. The first kappa shape index (κ1) is 11.8. The lowest BCUT2D eigenvalue weighted by molar-refractivity contribution is -0.00112. The summed E-state index contributed by atoms with van der Waals surface area (Å²) in [5, 5.41) is 10.2. The van der Waals surface area contributed by atoms with Gasteiger partial charge in [-0.15, -0.1) is 0 Å². The van der Waals surface area contributed by atoms with Gasteiger partial charge in [-0.3, -0.25) is 0 Å². The molecule has 0 spiro atoms. The van der Waals surface area contributed by atoms with Gasteiger partial charge in [0.2, 0.25) is 0 Å². The van der Waals surface area contributed by atoms with Gasteiger partial charge in [-0.05, 0) is 30.5 Å². The van der Waals surface area contributed by atoms with E-state index in [-0.39, 0.29) is 18.3 Å². The van der Waals surface area contributed by atoms with E-state index in [1.54, 1.807) is 12.1 Å².